The second-order valence-electron chi connectivity index (χ2n) is 6.14. The van der Waals surface area contributed by atoms with Crippen LogP contribution >= 0.6 is 0 Å². The molecule has 4 heteroatoms. The standard InChI is InChI=1S/C17H25NO3/c1-3-11-21-15-6-4-5-14(12-15)13-18-9-7-17(2,8-10-18)16(19)20/h4-6,12H,3,7-11,13H2,1-2H3,(H,19,20). The number of carboxylic acids is 1. The van der Waals surface area contributed by atoms with Crippen molar-refractivity contribution in [3.05, 3.63) is 29.8 Å². The molecule has 0 atom stereocenters. The van der Waals surface area contributed by atoms with Gasteiger partial charge < -0.3 is 9.84 Å². The van der Waals surface area contributed by atoms with E-state index < -0.39 is 11.4 Å². The van der Waals surface area contributed by atoms with E-state index in [0.29, 0.717) is 12.8 Å². The lowest BCUT2D eigenvalue weighted by Crippen LogP contribution is -2.42. The average Bonchev–Trinajstić information content (AvgIpc) is 2.48. The molecule has 1 aromatic rings. The molecule has 4 nitrogen and oxygen atoms in total. The Kier molecular flexibility index (Phi) is 5.23. The molecule has 1 saturated heterocycles. The molecule has 0 aliphatic carbocycles. The first kappa shape index (κ1) is 15.8. The minimum absolute atomic E-state index is 0.553. The summed E-state index contributed by atoms with van der Waals surface area (Å²) in [6, 6.07) is 8.19. The van der Waals surface area contributed by atoms with Crippen LogP contribution in [0, 0.1) is 5.41 Å². The number of hydrogen-bond donors (Lipinski definition) is 1. The van der Waals surface area contributed by atoms with Crippen LogP contribution in [0.3, 0.4) is 0 Å². The van der Waals surface area contributed by atoms with Gasteiger partial charge in [-0.1, -0.05) is 19.1 Å². The molecule has 1 N–H and O–H groups in total. The molecule has 21 heavy (non-hydrogen) atoms. The molecule has 1 heterocycles. The van der Waals surface area contributed by atoms with E-state index in [4.69, 9.17) is 4.74 Å². The van der Waals surface area contributed by atoms with E-state index >= 15 is 0 Å². The Morgan fingerprint density at radius 2 is 2.10 bits per heavy atom. The van der Waals surface area contributed by atoms with Crippen molar-refractivity contribution in [1.82, 2.24) is 4.90 Å². The van der Waals surface area contributed by atoms with Crippen molar-refractivity contribution in [1.29, 1.82) is 0 Å². The highest BCUT2D eigenvalue weighted by Gasteiger charge is 2.36. The normalized spacial score (nSPS) is 18.4. The van der Waals surface area contributed by atoms with Gasteiger partial charge in [0.05, 0.1) is 12.0 Å². The maximum Gasteiger partial charge on any atom is 0.309 e. The van der Waals surface area contributed by atoms with Gasteiger partial charge in [-0.25, -0.2) is 0 Å². The van der Waals surface area contributed by atoms with E-state index in [2.05, 4.69) is 24.0 Å². The first-order valence-corrected chi connectivity index (χ1v) is 7.71. The third-order valence-corrected chi connectivity index (χ3v) is 4.25. The molecule has 116 valence electrons. The Hall–Kier alpha value is -1.55. The van der Waals surface area contributed by atoms with Gasteiger partial charge in [-0.3, -0.25) is 9.69 Å². The number of carboxylic acid groups (broad SMARTS) is 1. The summed E-state index contributed by atoms with van der Waals surface area (Å²) in [6.45, 7) is 7.22. The van der Waals surface area contributed by atoms with E-state index in [9.17, 15) is 9.90 Å². The smallest absolute Gasteiger partial charge is 0.309 e. The molecule has 0 unspecified atom stereocenters. The van der Waals surface area contributed by atoms with Crippen LogP contribution in [0.2, 0.25) is 0 Å². The molecule has 1 aliphatic heterocycles. The maximum atomic E-state index is 11.3. The van der Waals surface area contributed by atoms with Crippen LogP contribution in [0.1, 0.15) is 38.7 Å². The van der Waals surface area contributed by atoms with Crippen LogP contribution in [-0.2, 0) is 11.3 Å². The van der Waals surface area contributed by atoms with E-state index in [1.165, 1.54) is 5.56 Å². The average molecular weight is 291 g/mol. The second-order valence-corrected chi connectivity index (χ2v) is 6.14. The molecule has 1 aromatic carbocycles. The minimum Gasteiger partial charge on any atom is -0.494 e. The van der Waals surface area contributed by atoms with Crippen LogP contribution in [-0.4, -0.2) is 35.7 Å². The fourth-order valence-electron chi connectivity index (χ4n) is 2.63. The van der Waals surface area contributed by atoms with Crippen molar-refractivity contribution < 1.29 is 14.6 Å². The number of hydrogen-bond acceptors (Lipinski definition) is 3. The van der Waals surface area contributed by atoms with Gasteiger partial charge in [0.1, 0.15) is 5.75 Å². The van der Waals surface area contributed by atoms with Gasteiger partial charge in [-0.2, -0.15) is 0 Å². The molecular formula is C17H25NO3. The van der Waals surface area contributed by atoms with Gasteiger partial charge in [0.2, 0.25) is 0 Å². The number of carbonyl (C=O) groups is 1. The lowest BCUT2D eigenvalue weighted by molar-refractivity contribution is -0.150. The van der Waals surface area contributed by atoms with Gasteiger partial charge in [0.25, 0.3) is 0 Å². The highest BCUT2D eigenvalue weighted by molar-refractivity contribution is 5.74. The van der Waals surface area contributed by atoms with Crippen LogP contribution in [0.25, 0.3) is 0 Å². The molecule has 0 spiro atoms. The molecule has 1 aliphatic rings. The summed E-state index contributed by atoms with van der Waals surface area (Å²) in [5.41, 5.74) is 0.672. The van der Waals surface area contributed by atoms with E-state index in [1.807, 2.05) is 19.1 Å². The lowest BCUT2D eigenvalue weighted by atomic mass is 9.80. The Labute approximate surface area is 126 Å². The first-order chi connectivity index (χ1) is 10.0. The third kappa shape index (κ3) is 4.21. The number of ether oxygens (including phenoxy) is 1. The summed E-state index contributed by atoms with van der Waals surface area (Å²) in [5, 5.41) is 9.26. The SMILES string of the molecule is CCCOc1cccc(CN2CCC(C)(C(=O)O)CC2)c1. The van der Waals surface area contributed by atoms with Gasteiger partial charge in [-0.05, 0) is 57.0 Å². The van der Waals surface area contributed by atoms with E-state index in [1.54, 1.807) is 0 Å². The number of benzene rings is 1. The van der Waals surface area contributed by atoms with Gasteiger partial charge >= 0.3 is 5.97 Å². The number of nitrogens with zero attached hydrogens (tertiary/aromatic N) is 1. The Morgan fingerprint density at radius 3 is 2.71 bits per heavy atom. The van der Waals surface area contributed by atoms with Gasteiger partial charge in [-0.15, -0.1) is 0 Å². The zero-order chi connectivity index (χ0) is 15.3. The summed E-state index contributed by atoms with van der Waals surface area (Å²) in [5.74, 6) is 0.249. The lowest BCUT2D eigenvalue weighted by Gasteiger charge is -2.36. The van der Waals surface area contributed by atoms with Gasteiger partial charge in [0, 0.05) is 6.54 Å². The van der Waals surface area contributed by atoms with Crippen LogP contribution < -0.4 is 4.74 Å². The van der Waals surface area contributed by atoms with Crippen molar-refractivity contribution in [2.45, 2.75) is 39.7 Å². The quantitative estimate of drug-likeness (QED) is 0.874. The first-order valence-electron chi connectivity index (χ1n) is 7.71. The maximum absolute atomic E-state index is 11.3. The molecule has 0 radical (unpaired) electrons. The number of rotatable bonds is 6. The topological polar surface area (TPSA) is 49.8 Å². The zero-order valence-corrected chi connectivity index (χ0v) is 13.0. The highest BCUT2D eigenvalue weighted by Crippen LogP contribution is 2.31. The predicted molar refractivity (Wildman–Crippen MR) is 82.5 cm³/mol. The zero-order valence-electron chi connectivity index (χ0n) is 13.0. The van der Waals surface area contributed by atoms with Crippen molar-refractivity contribution in [2.24, 2.45) is 5.41 Å². The van der Waals surface area contributed by atoms with E-state index in [0.717, 1.165) is 38.4 Å². The molecular weight excluding hydrogens is 266 g/mol. The fourth-order valence-corrected chi connectivity index (χ4v) is 2.63. The second kappa shape index (κ2) is 6.94. The van der Waals surface area contributed by atoms with Crippen LogP contribution in [0.5, 0.6) is 5.75 Å². The van der Waals surface area contributed by atoms with Crippen LogP contribution in [0.15, 0.2) is 24.3 Å². The summed E-state index contributed by atoms with van der Waals surface area (Å²) < 4.78 is 5.65. The van der Waals surface area contributed by atoms with Crippen molar-refractivity contribution >= 4 is 5.97 Å². The molecule has 1 fully saturated rings. The third-order valence-electron chi connectivity index (χ3n) is 4.25. The fraction of sp³-hybridized carbons (Fsp3) is 0.588. The van der Waals surface area contributed by atoms with Gasteiger partial charge in [0.15, 0.2) is 0 Å². The number of likely N-dealkylation sites (tertiary alicyclic amines) is 1. The number of aliphatic carboxylic acids is 1. The van der Waals surface area contributed by atoms with E-state index in [-0.39, 0.29) is 0 Å². The summed E-state index contributed by atoms with van der Waals surface area (Å²) in [7, 11) is 0. The molecule has 0 amide bonds. The largest absolute Gasteiger partial charge is 0.494 e. The minimum atomic E-state index is -0.669. The van der Waals surface area contributed by atoms with Crippen molar-refractivity contribution in [3.63, 3.8) is 0 Å². The highest BCUT2D eigenvalue weighted by atomic mass is 16.5. The summed E-state index contributed by atoms with van der Waals surface area (Å²) in [6.07, 6.45) is 2.44. The van der Waals surface area contributed by atoms with Crippen LogP contribution in [0.4, 0.5) is 0 Å². The summed E-state index contributed by atoms with van der Waals surface area (Å²) in [4.78, 5) is 13.6. The summed E-state index contributed by atoms with van der Waals surface area (Å²) >= 11 is 0. The van der Waals surface area contributed by atoms with Crippen molar-refractivity contribution in [2.75, 3.05) is 19.7 Å². The monoisotopic (exact) mass is 291 g/mol. The number of piperidine rings is 1. The Morgan fingerprint density at radius 1 is 1.38 bits per heavy atom. The molecule has 0 bridgehead atoms. The van der Waals surface area contributed by atoms with Crippen molar-refractivity contribution in [3.8, 4) is 5.75 Å². The molecule has 0 aromatic heterocycles. The molecule has 0 saturated carbocycles. The predicted octanol–water partition coefficient (Wildman–Crippen LogP) is 3.16. The Balaban J connectivity index is 1.90. The molecule has 2 rings (SSSR count). The Bertz CT molecular complexity index is 479.